The maximum Gasteiger partial charge on any atom is 0.335 e. The minimum atomic E-state index is -0.764. The van der Waals surface area contributed by atoms with Gasteiger partial charge in [-0.3, -0.25) is 14.9 Å². The first kappa shape index (κ1) is 22.1. The van der Waals surface area contributed by atoms with E-state index in [9.17, 15) is 14.4 Å². The molecular formula is C24H27N3O4. The van der Waals surface area contributed by atoms with E-state index in [0.29, 0.717) is 17.0 Å². The lowest BCUT2D eigenvalue weighted by Crippen LogP contribution is -2.54. The van der Waals surface area contributed by atoms with E-state index < -0.39 is 17.8 Å². The Labute approximate surface area is 182 Å². The molecule has 0 radical (unpaired) electrons. The van der Waals surface area contributed by atoms with E-state index in [-0.39, 0.29) is 5.57 Å². The molecule has 0 atom stereocenters. The molecule has 2 aromatic rings. The normalized spacial score (nSPS) is 15.3. The van der Waals surface area contributed by atoms with Crippen molar-refractivity contribution in [1.29, 1.82) is 0 Å². The Morgan fingerprint density at radius 2 is 1.68 bits per heavy atom. The van der Waals surface area contributed by atoms with Crippen molar-refractivity contribution in [2.75, 3.05) is 30.0 Å². The predicted octanol–water partition coefficient (Wildman–Crippen LogP) is 3.77. The number of rotatable bonds is 7. The minimum absolute atomic E-state index is 0.131. The van der Waals surface area contributed by atoms with Gasteiger partial charge in [-0.15, -0.1) is 0 Å². The number of ether oxygens (including phenoxy) is 1. The summed E-state index contributed by atoms with van der Waals surface area (Å²) >= 11 is 0. The van der Waals surface area contributed by atoms with Gasteiger partial charge in [-0.1, -0.05) is 19.1 Å². The molecule has 1 saturated heterocycles. The van der Waals surface area contributed by atoms with E-state index >= 15 is 0 Å². The summed E-state index contributed by atoms with van der Waals surface area (Å²) in [5, 5.41) is 2.25. The summed E-state index contributed by atoms with van der Waals surface area (Å²) < 4.78 is 5.50. The van der Waals surface area contributed by atoms with Crippen molar-refractivity contribution in [2.45, 2.75) is 27.2 Å². The van der Waals surface area contributed by atoms with E-state index in [2.05, 4.69) is 24.1 Å². The highest BCUT2D eigenvalue weighted by Gasteiger charge is 2.37. The molecule has 0 unspecified atom stereocenters. The highest BCUT2D eigenvalue weighted by atomic mass is 16.5. The van der Waals surface area contributed by atoms with Crippen LogP contribution in [-0.2, 0) is 16.0 Å². The summed E-state index contributed by atoms with van der Waals surface area (Å²) in [6, 6.07) is 11.9. The summed E-state index contributed by atoms with van der Waals surface area (Å²) in [5.74, 6) is -0.868. The number of nitrogens with one attached hydrogen (secondary N) is 1. The monoisotopic (exact) mass is 421 g/mol. The molecule has 3 rings (SSSR count). The summed E-state index contributed by atoms with van der Waals surface area (Å²) in [6.45, 7) is 7.83. The Bertz CT molecular complexity index is 1020. The molecule has 0 aromatic heterocycles. The fourth-order valence-corrected chi connectivity index (χ4v) is 3.53. The summed E-state index contributed by atoms with van der Waals surface area (Å²) in [5.41, 5.74) is 2.91. The number of amides is 4. The van der Waals surface area contributed by atoms with Crippen LogP contribution in [0.25, 0.3) is 6.08 Å². The molecule has 162 valence electrons. The summed E-state index contributed by atoms with van der Waals surface area (Å²) in [7, 11) is 1.54. The summed E-state index contributed by atoms with van der Waals surface area (Å²) in [6.07, 6.45) is 2.30. The molecule has 1 fully saturated rings. The van der Waals surface area contributed by atoms with Crippen LogP contribution in [0.3, 0.4) is 0 Å². The van der Waals surface area contributed by atoms with Crippen LogP contribution in [0.15, 0.2) is 48.0 Å². The van der Waals surface area contributed by atoms with Gasteiger partial charge in [0, 0.05) is 30.4 Å². The van der Waals surface area contributed by atoms with Gasteiger partial charge in [0.15, 0.2) is 0 Å². The van der Waals surface area contributed by atoms with Crippen LogP contribution in [0.2, 0.25) is 0 Å². The Morgan fingerprint density at radius 3 is 2.26 bits per heavy atom. The molecule has 7 nitrogen and oxygen atoms in total. The van der Waals surface area contributed by atoms with Gasteiger partial charge in [0.25, 0.3) is 11.8 Å². The molecule has 1 aliphatic heterocycles. The highest BCUT2D eigenvalue weighted by Crippen LogP contribution is 2.29. The van der Waals surface area contributed by atoms with E-state index in [4.69, 9.17) is 4.74 Å². The second-order valence-electron chi connectivity index (χ2n) is 7.08. The molecule has 0 aliphatic carbocycles. The maximum absolute atomic E-state index is 13.1. The van der Waals surface area contributed by atoms with Crippen molar-refractivity contribution in [1.82, 2.24) is 5.32 Å². The van der Waals surface area contributed by atoms with E-state index in [1.165, 1.54) is 13.2 Å². The molecule has 1 N–H and O–H groups in total. The zero-order chi connectivity index (χ0) is 22.5. The number of methoxy groups -OCH3 is 1. The van der Waals surface area contributed by atoms with Crippen LogP contribution in [0.5, 0.6) is 5.75 Å². The average Bonchev–Trinajstić information content (AvgIpc) is 2.78. The average molecular weight is 421 g/mol. The number of benzene rings is 2. The third-order valence-electron chi connectivity index (χ3n) is 5.35. The number of imide groups is 2. The fourth-order valence-electron chi connectivity index (χ4n) is 3.53. The molecule has 1 heterocycles. The van der Waals surface area contributed by atoms with E-state index in [0.717, 1.165) is 35.7 Å². The second kappa shape index (κ2) is 9.47. The van der Waals surface area contributed by atoms with Crippen LogP contribution in [0.1, 0.15) is 31.9 Å². The molecule has 0 saturated carbocycles. The number of urea groups is 1. The van der Waals surface area contributed by atoms with Gasteiger partial charge >= 0.3 is 6.03 Å². The Kier molecular flexibility index (Phi) is 6.74. The lowest BCUT2D eigenvalue weighted by Gasteiger charge is -2.26. The van der Waals surface area contributed by atoms with Crippen LogP contribution >= 0.6 is 0 Å². The number of carbonyl (C=O) groups excluding carboxylic acids is 3. The first-order valence-electron chi connectivity index (χ1n) is 10.4. The number of aryl methyl sites for hydroxylation is 1. The van der Waals surface area contributed by atoms with Gasteiger partial charge in [-0.2, -0.15) is 0 Å². The standard InChI is InChI=1S/C24H27N3O4/c1-5-16-8-11-18(12-9-16)27-23(29)20(22(28)25-24(27)30)14-17-10-13-19(15-21(17)31-4)26(6-2)7-3/h8-15H,5-7H2,1-4H3,(H,25,28,30)/b20-14-. The lowest BCUT2D eigenvalue weighted by atomic mass is 10.0. The number of barbiturate groups is 1. The molecule has 0 bridgehead atoms. The smallest absolute Gasteiger partial charge is 0.335 e. The van der Waals surface area contributed by atoms with Gasteiger partial charge in [0.05, 0.1) is 12.8 Å². The van der Waals surface area contributed by atoms with Gasteiger partial charge in [0.1, 0.15) is 11.3 Å². The minimum Gasteiger partial charge on any atom is -0.496 e. The molecular weight excluding hydrogens is 394 g/mol. The predicted molar refractivity (Wildman–Crippen MR) is 121 cm³/mol. The van der Waals surface area contributed by atoms with Crippen LogP contribution in [-0.4, -0.2) is 38.0 Å². The lowest BCUT2D eigenvalue weighted by molar-refractivity contribution is -0.122. The largest absolute Gasteiger partial charge is 0.496 e. The van der Waals surface area contributed by atoms with Gasteiger partial charge in [-0.25, -0.2) is 9.69 Å². The number of anilines is 2. The van der Waals surface area contributed by atoms with Crippen molar-refractivity contribution in [3.8, 4) is 5.75 Å². The molecule has 31 heavy (non-hydrogen) atoms. The first-order chi connectivity index (χ1) is 14.9. The van der Waals surface area contributed by atoms with Crippen LogP contribution < -0.4 is 19.9 Å². The molecule has 4 amide bonds. The number of hydrogen-bond acceptors (Lipinski definition) is 5. The van der Waals surface area contributed by atoms with Crippen LogP contribution in [0, 0.1) is 0 Å². The topological polar surface area (TPSA) is 79.0 Å². The Balaban J connectivity index is 1.99. The van der Waals surface area contributed by atoms with Crippen molar-refractivity contribution in [2.24, 2.45) is 0 Å². The Hall–Kier alpha value is -3.61. The summed E-state index contributed by atoms with van der Waals surface area (Å²) in [4.78, 5) is 41.1. The van der Waals surface area contributed by atoms with Gasteiger partial charge in [-0.05, 0) is 56.2 Å². The quantitative estimate of drug-likeness (QED) is 0.544. The van der Waals surface area contributed by atoms with E-state index in [1.807, 2.05) is 31.2 Å². The third kappa shape index (κ3) is 4.45. The van der Waals surface area contributed by atoms with Crippen LogP contribution in [0.4, 0.5) is 16.2 Å². The van der Waals surface area contributed by atoms with Crippen molar-refractivity contribution in [3.63, 3.8) is 0 Å². The number of nitrogens with zero attached hydrogens (tertiary/aromatic N) is 2. The third-order valence-corrected chi connectivity index (χ3v) is 5.35. The second-order valence-corrected chi connectivity index (χ2v) is 7.08. The zero-order valence-corrected chi connectivity index (χ0v) is 18.3. The maximum atomic E-state index is 13.1. The molecule has 2 aromatic carbocycles. The first-order valence-corrected chi connectivity index (χ1v) is 10.4. The molecule has 0 spiro atoms. The highest BCUT2D eigenvalue weighted by molar-refractivity contribution is 6.39. The molecule has 1 aliphatic rings. The van der Waals surface area contributed by atoms with Gasteiger partial charge < -0.3 is 9.64 Å². The van der Waals surface area contributed by atoms with Gasteiger partial charge in [0.2, 0.25) is 0 Å². The van der Waals surface area contributed by atoms with E-state index in [1.54, 1.807) is 18.2 Å². The Morgan fingerprint density at radius 1 is 1.00 bits per heavy atom. The number of hydrogen-bond donors (Lipinski definition) is 1. The SMILES string of the molecule is CCc1ccc(N2C(=O)NC(=O)/C(=C/c3ccc(N(CC)CC)cc3OC)C2=O)cc1. The van der Waals surface area contributed by atoms with Crippen molar-refractivity contribution < 1.29 is 19.1 Å². The number of carbonyl (C=O) groups is 3. The fraction of sp³-hybridized carbons (Fsp3) is 0.292. The van der Waals surface area contributed by atoms with Crippen molar-refractivity contribution >= 4 is 35.3 Å². The molecule has 7 heteroatoms. The van der Waals surface area contributed by atoms with Crippen molar-refractivity contribution in [3.05, 3.63) is 59.2 Å². The zero-order valence-electron chi connectivity index (χ0n) is 18.3.